The van der Waals surface area contributed by atoms with Crippen LogP contribution in [0.2, 0.25) is 0 Å². The Kier molecular flexibility index (Phi) is 8.22. The fraction of sp³-hybridized carbons (Fsp3) is 1.00. The highest BCUT2D eigenvalue weighted by Gasteiger charge is 2.43. The molecule has 0 radical (unpaired) electrons. The highest BCUT2D eigenvalue weighted by Crippen LogP contribution is 2.42. The van der Waals surface area contributed by atoms with Gasteiger partial charge in [0.1, 0.15) is 5.72 Å². The summed E-state index contributed by atoms with van der Waals surface area (Å²) in [7, 11) is 0. The molecule has 3 nitrogen and oxygen atoms in total. The number of ether oxygens (including phenoxy) is 1. The molecule has 0 bridgehead atoms. The molecule has 0 amide bonds. The van der Waals surface area contributed by atoms with Gasteiger partial charge in [-0.25, -0.2) is 0 Å². The van der Waals surface area contributed by atoms with Gasteiger partial charge in [0.2, 0.25) is 0 Å². The standard InChI is InChI=1S/C18H37NO2/c1-5-7-8-9-13-21-18(19-6-2)12-10-11-17(3,4)14-16(18)15-20/h16,19-20H,5-15H2,1-4H3. The zero-order valence-electron chi connectivity index (χ0n) is 14.7. The number of nitrogens with one attached hydrogen (secondary N) is 1. The summed E-state index contributed by atoms with van der Waals surface area (Å²) < 4.78 is 6.36. The van der Waals surface area contributed by atoms with Gasteiger partial charge < -0.3 is 9.84 Å². The van der Waals surface area contributed by atoms with E-state index in [1.807, 2.05) is 0 Å². The lowest BCUT2D eigenvalue weighted by Gasteiger charge is -2.41. The zero-order chi connectivity index (χ0) is 15.8. The molecule has 0 aromatic rings. The number of hydrogen-bond donors (Lipinski definition) is 2. The number of hydrogen-bond acceptors (Lipinski definition) is 3. The van der Waals surface area contributed by atoms with Crippen molar-refractivity contribution in [3.63, 3.8) is 0 Å². The van der Waals surface area contributed by atoms with Crippen molar-refractivity contribution in [1.82, 2.24) is 5.32 Å². The summed E-state index contributed by atoms with van der Waals surface area (Å²) in [6, 6.07) is 0. The van der Waals surface area contributed by atoms with Crippen LogP contribution in [-0.2, 0) is 4.74 Å². The number of unbranched alkanes of at least 4 members (excludes halogenated alkanes) is 3. The van der Waals surface area contributed by atoms with Crippen LogP contribution >= 0.6 is 0 Å². The van der Waals surface area contributed by atoms with Gasteiger partial charge in [0.15, 0.2) is 0 Å². The minimum Gasteiger partial charge on any atom is -0.396 e. The SMILES string of the molecule is CCCCCCOC1(NCC)CCCC(C)(C)CC1CO. The predicted octanol–water partition coefficient (Wildman–Crippen LogP) is 4.10. The predicted molar refractivity (Wildman–Crippen MR) is 89.3 cm³/mol. The van der Waals surface area contributed by atoms with Crippen LogP contribution in [0.4, 0.5) is 0 Å². The molecule has 0 aliphatic heterocycles. The van der Waals surface area contributed by atoms with E-state index in [9.17, 15) is 5.11 Å². The molecule has 2 unspecified atom stereocenters. The van der Waals surface area contributed by atoms with Crippen molar-refractivity contribution in [2.75, 3.05) is 19.8 Å². The van der Waals surface area contributed by atoms with Gasteiger partial charge in [0, 0.05) is 19.1 Å². The van der Waals surface area contributed by atoms with E-state index < -0.39 is 0 Å². The van der Waals surface area contributed by atoms with Gasteiger partial charge in [0.25, 0.3) is 0 Å². The lowest BCUT2D eigenvalue weighted by atomic mass is 9.79. The maximum absolute atomic E-state index is 9.93. The highest BCUT2D eigenvalue weighted by atomic mass is 16.5. The topological polar surface area (TPSA) is 41.5 Å². The summed E-state index contributed by atoms with van der Waals surface area (Å²) in [5, 5.41) is 13.5. The second kappa shape index (κ2) is 9.12. The molecule has 126 valence electrons. The van der Waals surface area contributed by atoms with Gasteiger partial charge in [-0.2, -0.15) is 0 Å². The largest absolute Gasteiger partial charge is 0.396 e. The summed E-state index contributed by atoms with van der Waals surface area (Å²) in [5.74, 6) is 0.195. The van der Waals surface area contributed by atoms with E-state index in [0.29, 0.717) is 5.41 Å². The third-order valence-corrected chi connectivity index (χ3v) is 4.91. The first-order chi connectivity index (χ1) is 9.99. The number of rotatable bonds is 9. The molecule has 1 rings (SSSR count). The molecule has 0 heterocycles. The molecule has 0 saturated heterocycles. The third kappa shape index (κ3) is 5.88. The molecular formula is C18H37NO2. The molecule has 0 aromatic carbocycles. The molecule has 1 aliphatic carbocycles. The molecule has 0 spiro atoms. The Balaban J connectivity index is 2.69. The van der Waals surface area contributed by atoms with Gasteiger partial charge in [-0.15, -0.1) is 0 Å². The molecule has 3 heteroatoms. The van der Waals surface area contributed by atoms with Crippen LogP contribution in [0, 0.1) is 11.3 Å². The van der Waals surface area contributed by atoms with Crippen LogP contribution in [0.1, 0.15) is 79.1 Å². The smallest absolute Gasteiger partial charge is 0.124 e. The van der Waals surface area contributed by atoms with Crippen molar-refractivity contribution in [3.05, 3.63) is 0 Å². The van der Waals surface area contributed by atoms with E-state index in [1.165, 1.54) is 32.1 Å². The van der Waals surface area contributed by atoms with Crippen molar-refractivity contribution in [2.24, 2.45) is 11.3 Å². The van der Waals surface area contributed by atoms with Crippen molar-refractivity contribution in [3.8, 4) is 0 Å². The molecule has 2 atom stereocenters. The Hall–Kier alpha value is -0.120. The van der Waals surface area contributed by atoms with Crippen LogP contribution in [0.25, 0.3) is 0 Å². The Morgan fingerprint density at radius 2 is 1.90 bits per heavy atom. The van der Waals surface area contributed by atoms with Crippen LogP contribution in [0.3, 0.4) is 0 Å². The maximum Gasteiger partial charge on any atom is 0.124 e. The van der Waals surface area contributed by atoms with Gasteiger partial charge in [-0.05, 0) is 44.1 Å². The number of aliphatic hydroxyl groups is 1. The van der Waals surface area contributed by atoms with E-state index in [4.69, 9.17) is 4.74 Å². The zero-order valence-corrected chi connectivity index (χ0v) is 14.7. The average Bonchev–Trinajstić information content (AvgIpc) is 2.56. The van der Waals surface area contributed by atoms with E-state index in [2.05, 4.69) is 33.0 Å². The van der Waals surface area contributed by atoms with Crippen LogP contribution in [0.5, 0.6) is 0 Å². The van der Waals surface area contributed by atoms with E-state index in [-0.39, 0.29) is 18.2 Å². The van der Waals surface area contributed by atoms with E-state index in [0.717, 1.165) is 32.4 Å². The van der Waals surface area contributed by atoms with Crippen molar-refractivity contribution < 1.29 is 9.84 Å². The minimum atomic E-state index is -0.316. The molecule has 21 heavy (non-hydrogen) atoms. The van der Waals surface area contributed by atoms with Gasteiger partial charge in [-0.3, -0.25) is 5.32 Å². The third-order valence-electron chi connectivity index (χ3n) is 4.91. The molecule has 2 N–H and O–H groups in total. The highest BCUT2D eigenvalue weighted by molar-refractivity contribution is 4.92. The van der Waals surface area contributed by atoms with Crippen LogP contribution in [0.15, 0.2) is 0 Å². The lowest BCUT2D eigenvalue weighted by molar-refractivity contribution is -0.130. The van der Waals surface area contributed by atoms with Gasteiger partial charge in [0.05, 0.1) is 0 Å². The minimum absolute atomic E-state index is 0.195. The normalized spacial score (nSPS) is 29.3. The Labute approximate surface area is 131 Å². The van der Waals surface area contributed by atoms with Crippen molar-refractivity contribution in [2.45, 2.75) is 84.8 Å². The van der Waals surface area contributed by atoms with E-state index in [1.54, 1.807) is 0 Å². The molecule has 1 aliphatic rings. The first kappa shape index (κ1) is 18.9. The Bertz CT molecular complexity index is 280. The first-order valence-electron chi connectivity index (χ1n) is 8.99. The summed E-state index contributed by atoms with van der Waals surface area (Å²) >= 11 is 0. The van der Waals surface area contributed by atoms with Crippen LogP contribution in [-0.4, -0.2) is 30.6 Å². The summed E-state index contributed by atoms with van der Waals surface area (Å²) in [4.78, 5) is 0. The Morgan fingerprint density at radius 3 is 2.52 bits per heavy atom. The maximum atomic E-state index is 9.93. The quantitative estimate of drug-likeness (QED) is 0.383. The van der Waals surface area contributed by atoms with Gasteiger partial charge >= 0.3 is 0 Å². The summed E-state index contributed by atoms with van der Waals surface area (Å²) in [5.41, 5.74) is -0.0143. The lowest BCUT2D eigenvalue weighted by Crippen LogP contribution is -2.54. The number of aliphatic hydroxyl groups excluding tert-OH is 1. The van der Waals surface area contributed by atoms with Crippen LogP contribution < -0.4 is 5.32 Å². The van der Waals surface area contributed by atoms with Crippen molar-refractivity contribution >= 4 is 0 Å². The monoisotopic (exact) mass is 299 g/mol. The molecule has 0 aromatic heterocycles. The first-order valence-corrected chi connectivity index (χ1v) is 8.99. The molecule has 1 fully saturated rings. The second-order valence-corrected chi connectivity index (χ2v) is 7.43. The average molecular weight is 299 g/mol. The fourth-order valence-corrected chi connectivity index (χ4v) is 3.74. The second-order valence-electron chi connectivity index (χ2n) is 7.43. The summed E-state index contributed by atoms with van der Waals surface area (Å²) in [6.45, 7) is 10.9. The Morgan fingerprint density at radius 1 is 1.14 bits per heavy atom. The molecule has 1 saturated carbocycles. The summed E-state index contributed by atoms with van der Waals surface area (Å²) in [6.07, 6.45) is 9.35. The van der Waals surface area contributed by atoms with Crippen molar-refractivity contribution in [1.29, 1.82) is 0 Å². The van der Waals surface area contributed by atoms with Gasteiger partial charge in [-0.1, -0.05) is 47.0 Å². The fourth-order valence-electron chi connectivity index (χ4n) is 3.74. The molecular weight excluding hydrogens is 262 g/mol. The van der Waals surface area contributed by atoms with E-state index >= 15 is 0 Å².